The molecule has 2 aromatic carbocycles. The van der Waals surface area contributed by atoms with Crippen LogP contribution in [0.3, 0.4) is 0 Å². The van der Waals surface area contributed by atoms with E-state index in [1.165, 1.54) is 0 Å². The zero-order valence-electron chi connectivity index (χ0n) is 14.3. The van der Waals surface area contributed by atoms with E-state index < -0.39 is 24.9 Å². The second kappa shape index (κ2) is 9.62. The SMILES string of the molecule is O=C(OCc1ccccc1)N(CCc1ccc(Cl)cc1)CC(O)C(F)(F)F. The third-order valence-corrected chi connectivity index (χ3v) is 4.07. The number of aliphatic hydroxyl groups is 1. The van der Waals surface area contributed by atoms with E-state index in [2.05, 4.69) is 0 Å². The number of amides is 1. The molecule has 0 heterocycles. The smallest absolute Gasteiger partial charge is 0.416 e. The third-order valence-electron chi connectivity index (χ3n) is 3.82. The predicted molar refractivity (Wildman–Crippen MR) is 95.4 cm³/mol. The number of rotatable bonds is 7. The zero-order chi connectivity index (χ0) is 19.9. The average Bonchev–Trinajstić information content (AvgIpc) is 2.64. The Hall–Kier alpha value is -2.25. The normalized spacial score (nSPS) is 12.5. The van der Waals surface area contributed by atoms with Crippen molar-refractivity contribution in [1.29, 1.82) is 0 Å². The van der Waals surface area contributed by atoms with Gasteiger partial charge in [0.1, 0.15) is 6.61 Å². The van der Waals surface area contributed by atoms with Crippen LogP contribution in [0.2, 0.25) is 5.02 Å². The summed E-state index contributed by atoms with van der Waals surface area (Å²) in [6.45, 7) is -1.01. The zero-order valence-corrected chi connectivity index (χ0v) is 15.1. The van der Waals surface area contributed by atoms with Crippen molar-refractivity contribution in [3.05, 3.63) is 70.7 Å². The highest BCUT2D eigenvalue weighted by molar-refractivity contribution is 6.30. The van der Waals surface area contributed by atoms with Gasteiger partial charge in [0.05, 0.1) is 6.54 Å². The van der Waals surface area contributed by atoms with Crippen LogP contribution >= 0.6 is 11.6 Å². The van der Waals surface area contributed by atoms with Crippen molar-refractivity contribution in [2.45, 2.75) is 25.3 Å². The van der Waals surface area contributed by atoms with Crippen LogP contribution in [-0.4, -0.2) is 41.5 Å². The molecule has 1 unspecified atom stereocenters. The summed E-state index contributed by atoms with van der Waals surface area (Å²) in [5.41, 5.74) is 1.50. The summed E-state index contributed by atoms with van der Waals surface area (Å²) < 4.78 is 43.2. The number of carbonyl (C=O) groups is 1. The molecule has 1 N–H and O–H groups in total. The molecule has 0 fully saturated rings. The number of alkyl halides is 3. The number of nitrogens with zero attached hydrogens (tertiary/aromatic N) is 1. The molecule has 0 saturated carbocycles. The molecule has 1 amide bonds. The molecule has 2 rings (SSSR count). The Labute approximate surface area is 160 Å². The molecule has 0 bridgehead atoms. The lowest BCUT2D eigenvalue weighted by molar-refractivity contribution is -0.206. The lowest BCUT2D eigenvalue weighted by Gasteiger charge is -2.26. The summed E-state index contributed by atoms with van der Waals surface area (Å²) in [5, 5.41) is 9.86. The van der Waals surface area contributed by atoms with Gasteiger partial charge in [0, 0.05) is 11.6 Å². The summed E-state index contributed by atoms with van der Waals surface area (Å²) in [7, 11) is 0. The Bertz CT molecular complexity index is 723. The molecule has 8 heteroatoms. The van der Waals surface area contributed by atoms with E-state index >= 15 is 0 Å². The number of ether oxygens (including phenoxy) is 1. The first kappa shape index (κ1) is 21.1. The number of carbonyl (C=O) groups excluding carboxylic acids is 1. The quantitative estimate of drug-likeness (QED) is 0.746. The molecule has 146 valence electrons. The Morgan fingerprint density at radius 2 is 1.70 bits per heavy atom. The van der Waals surface area contributed by atoms with Gasteiger partial charge >= 0.3 is 12.3 Å². The maximum atomic E-state index is 12.7. The Balaban J connectivity index is 2.00. The van der Waals surface area contributed by atoms with Crippen molar-refractivity contribution >= 4 is 17.7 Å². The number of halogens is 4. The monoisotopic (exact) mass is 401 g/mol. The van der Waals surface area contributed by atoms with E-state index in [0.29, 0.717) is 17.0 Å². The molecular formula is C19H19ClF3NO3. The lowest BCUT2D eigenvalue weighted by atomic mass is 10.1. The third kappa shape index (κ3) is 7.11. The average molecular weight is 402 g/mol. The Morgan fingerprint density at radius 1 is 1.07 bits per heavy atom. The van der Waals surface area contributed by atoms with Crippen LogP contribution in [0.4, 0.5) is 18.0 Å². The van der Waals surface area contributed by atoms with Crippen molar-refractivity contribution in [2.24, 2.45) is 0 Å². The van der Waals surface area contributed by atoms with Crippen molar-refractivity contribution in [1.82, 2.24) is 4.90 Å². The van der Waals surface area contributed by atoms with Crippen LogP contribution < -0.4 is 0 Å². The van der Waals surface area contributed by atoms with Gasteiger partial charge in [0.25, 0.3) is 0 Å². The van der Waals surface area contributed by atoms with Gasteiger partial charge < -0.3 is 14.7 Å². The molecule has 2 aromatic rings. The molecule has 0 aliphatic rings. The summed E-state index contributed by atoms with van der Waals surface area (Å²) in [4.78, 5) is 13.1. The Kier molecular flexibility index (Phi) is 7.50. The van der Waals surface area contributed by atoms with Crippen LogP contribution in [-0.2, 0) is 17.8 Å². The summed E-state index contributed by atoms with van der Waals surface area (Å²) in [6, 6.07) is 15.5. The molecule has 0 aliphatic heterocycles. The number of hydrogen-bond donors (Lipinski definition) is 1. The first-order valence-corrected chi connectivity index (χ1v) is 8.58. The van der Waals surface area contributed by atoms with Crippen molar-refractivity contribution in [3.8, 4) is 0 Å². The van der Waals surface area contributed by atoms with E-state index in [1.54, 1.807) is 54.6 Å². The molecule has 0 aliphatic carbocycles. The van der Waals surface area contributed by atoms with Crippen molar-refractivity contribution in [2.75, 3.05) is 13.1 Å². The van der Waals surface area contributed by atoms with Crippen molar-refractivity contribution < 1.29 is 27.8 Å². The van der Waals surface area contributed by atoms with Crippen molar-refractivity contribution in [3.63, 3.8) is 0 Å². The molecule has 1 atom stereocenters. The molecular weight excluding hydrogens is 383 g/mol. The standard InChI is InChI=1S/C19H19ClF3NO3/c20-16-8-6-14(7-9-16)10-11-24(12-17(25)19(21,22)23)18(26)27-13-15-4-2-1-3-5-15/h1-9,17,25H,10-13H2. The molecule has 0 spiro atoms. The molecule has 27 heavy (non-hydrogen) atoms. The number of hydrogen-bond acceptors (Lipinski definition) is 3. The van der Waals surface area contributed by atoms with Gasteiger partial charge in [-0.3, -0.25) is 0 Å². The maximum Gasteiger partial charge on any atom is 0.416 e. The molecule has 0 radical (unpaired) electrons. The van der Waals surface area contributed by atoms with Gasteiger partial charge in [0.2, 0.25) is 0 Å². The van der Waals surface area contributed by atoms with E-state index in [-0.39, 0.29) is 13.2 Å². The second-order valence-corrected chi connectivity index (χ2v) is 6.36. The minimum absolute atomic E-state index is 0.0393. The fourth-order valence-electron chi connectivity index (χ4n) is 2.30. The summed E-state index contributed by atoms with van der Waals surface area (Å²) >= 11 is 5.80. The minimum atomic E-state index is -4.82. The van der Waals surface area contributed by atoms with E-state index in [0.717, 1.165) is 10.5 Å². The minimum Gasteiger partial charge on any atom is -0.445 e. The molecule has 0 saturated heterocycles. The number of benzene rings is 2. The topological polar surface area (TPSA) is 49.8 Å². The van der Waals surface area contributed by atoms with Gasteiger partial charge in [-0.1, -0.05) is 54.1 Å². The fourth-order valence-corrected chi connectivity index (χ4v) is 2.42. The van der Waals surface area contributed by atoms with Crippen LogP contribution in [0, 0.1) is 0 Å². The van der Waals surface area contributed by atoms with Gasteiger partial charge in [-0.05, 0) is 29.7 Å². The van der Waals surface area contributed by atoms with Gasteiger partial charge in [-0.2, -0.15) is 13.2 Å². The highest BCUT2D eigenvalue weighted by Gasteiger charge is 2.40. The Morgan fingerprint density at radius 3 is 2.30 bits per heavy atom. The van der Waals surface area contributed by atoms with E-state index in [9.17, 15) is 23.1 Å². The van der Waals surface area contributed by atoms with Crippen LogP contribution in [0.5, 0.6) is 0 Å². The first-order valence-electron chi connectivity index (χ1n) is 8.20. The highest BCUT2D eigenvalue weighted by Crippen LogP contribution is 2.21. The number of aliphatic hydroxyl groups excluding tert-OH is 1. The van der Waals surface area contributed by atoms with Crippen LogP contribution in [0.15, 0.2) is 54.6 Å². The first-order chi connectivity index (χ1) is 12.8. The molecule has 4 nitrogen and oxygen atoms in total. The summed E-state index contributed by atoms with van der Waals surface area (Å²) in [5.74, 6) is 0. The summed E-state index contributed by atoms with van der Waals surface area (Å²) in [6.07, 6.45) is -8.09. The van der Waals surface area contributed by atoms with E-state index in [1.807, 2.05) is 0 Å². The van der Waals surface area contributed by atoms with Gasteiger partial charge in [0.15, 0.2) is 6.10 Å². The maximum absolute atomic E-state index is 12.7. The van der Waals surface area contributed by atoms with E-state index in [4.69, 9.17) is 16.3 Å². The van der Waals surface area contributed by atoms with Crippen LogP contribution in [0.25, 0.3) is 0 Å². The highest BCUT2D eigenvalue weighted by atomic mass is 35.5. The van der Waals surface area contributed by atoms with Gasteiger partial charge in [-0.25, -0.2) is 4.79 Å². The lowest BCUT2D eigenvalue weighted by Crippen LogP contribution is -2.44. The fraction of sp³-hybridized carbons (Fsp3) is 0.316. The largest absolute Gasteiger partial charge is 0.445 e. The van der Waals surface area contributed by atoms with Crippen LogP contribution in [0.1, 0.15) is 11.1 Å². The molecule has 0 aromatic heterocycles. The second-order valence-electron chi connectivity index (χ2n) is 5.92. The van der Waals surface area contributed by atoms with Gasteiger partial charge in [-0.15, -0.1) is 0 Å². The predicted octanol–water partition coefficient (Wildman–Crippen LogP) is 4.44.